The Morgan fingerprint density at radius 3 is 2.33 bits per heavy atom. The number of hydrogen-bond acceptors (Lipinski definition) is 4. The van der Waals surface area contributed by atoms with Crippen molar-refractivity contribution in [1.82, 2.24) is 24.5 Å². The Labute approximate surface area is 196 Å². The zero-order chi connectivity index (χ0) is 22.6. The predicted octanol–water partition coefficient (Wildman–Crippen LogP) is 3.45. The van der Waals surface area contributed by atoms with Gasteiger partial charge in [0.15, 0.2) is 0 Å². The Hall–Kier alpha value is -2.96. The fraction of sp³-hybridized carbons (Fsp3) is 0.407. The van der Waals surface area contributed by atoms with Gasteiger partial charge in [0.1, 0.15) is 5.69 Å². The molecule has 2 saturated heterocycles. The van der Waals surface area contributed by atoms with Crippen LogP contribution in [0.1, 0.15) is 28.8 Å². The van der Waals surface area contributed by atoms with Crippen molar-refractivity contribution in [3.63, 3.8) is 0 Å². The predicted molar refractivity (Wildman–Crippen MR) is 131 cm³/mol. The molecule has 1 unspecified atom stereocenters. The Morgan fingerprint density at radius 1 is 0.939 bits per heavy atom. The standard InChI is InChI=1S/C27H33N5O/c1-29-14-8-13-24(20-29)30-15-17-31(18-16-30)27(33)25-21-32(19-22-9-4-2-5-10-22)28-26(25)23-11-6-3-7-12-23/h2-7,9-12,21,24H,8,13-20H2,1H3. The third-order valence-corrected chi connectivity index (χ3v) is 6.94. The molecule has 0 radical (unpaired) electrons. The number of hydrogen-bond donors (Lipinski definition) is 0. The lowest BCUT2D eigenvalue weighted by Crippen LogP contribution is -2.55. The summed E-state index contributed by atoms with van der Waals surface area (Å²) in [4.78, 5) is 20.7. The average Bonchev–Trinajstić information content (AvgIpc) is 3.28. The number of likely N-dealkylation sites (N-methyl/N-ethyl adjacent to an activating group) is 1. The molecule has 2 aliphatic heterocycles. The van der Waals surface area contributed by atoms with Crippen LogP contribution in [0.4, 0.5) is 0 Å². The summed E-state index contributed by atoms with van der Waals surface area (Å²) in [5.41, 5.74) is 3.62. The molecule has 6 nitrogen and oxygen atoms in total. The van der Waals surface area contributed by atoms with E-state index in [1.54, 1.807) is 0 Å². The Bertz CT molecular complexity index is 1060. The smallest absolute Gasteiger partial charge is 0.257 e. The van der Waals surface area contributed by atoms with Crippen molar-refractivity contribution in [3.05, 3.63) is 78.0 Å². The quantitative estimate of drug-likeness (QED) is 0.606. The molecule has 2 aromatic carbocycles. The molecule has 2 aliphatic rings. The minimum atomic E-state index is 0.0913. The Kier molecular flexibility index (Phi) is 6.55. The first-order valence-electron chi connectivity index (χ1n) is 12.1. The van der Waals surface area contributed by atoms with E-state index in [1.807, 2.05) is 64.3 Å². The minimum absolute atomic E-state index is 0.0913. The van der Waals surface area contributed by atoms with Gasteiger partial charge in [-0.3, -0.25) is 14.4 Å². The van der Waals surface area contributed by atoms with Gasteiger partial charge in [0, 0.05) is 50.5 Å². The van der Waals surface area contributed by atoms with Crippen LogP contribution in [-0.2, 0) is 6.54 Å². The minimum Gasteiger partial charge on any atom is -0.336 e. The van der Waals surface area contributed by atoms with E-state index in [1.165, 1.54) is 24.9 Å². The molecular formula is C27H33N5O. The molecule has 3 heterocycles. The van der Waals surface area contributed by atoms with Crippen molar-refractivity contribution in [2.45, 2.75) is 25.4 Å². The zero-order valence-corrected chi connectivity index (χ0v) is 19.4. The topological polar surface area (TPSA) is 44.6 Å². The first kappa shape index (κ1) is 21.9. The highest BCUT2D eigenvalue weighted by molar-refractivity contribution is 5.99. The molecule has 1 aromatic heterocycles. The van der Waals surface area contributed by atoms with Gasteiger partial charge in [-0.15, -0.1) is 0 Å². The van der Waals surface area contributed by atoms with Gasteiger partial charge in [-0.05, 0) is 32.0 Å². The van der Waals surface area contributed by atoms with E-state index in [-0.39, 0.29) is 5.91 Å². The molecule has 0 aliphatic carbocycles. The van der Waals surface area contributed by atoms with Crippen molar-refractivity contribution in [2.75, 3.05) is 46.3 Å². The summed E-state index contributed by atoms with van der Waals surface area (Å²) < 4.78 is 1.90. The van der Waals surface area contributed by atoms with Crippen LogP contribution in [0.15, 0.2) is 66.9 Å². The van der Waals surface area contributed by atoms with Gasteiger partial charge in [-0.1, -0.05) is 60.7 Å². The van der Waals surface area contributed by atoms with E-state index in [0.717, 1.165) is 44.0 Å². The maximum absolute atomic E-state index is 13.6. The van der Waals surface area contributed by atoms with Crippen LogP contribution in [0.25, 0.3) is 11.3 Å². The lowest BCUT2D eigenvalue weighted by molar-refractivity contribution is 0.0452. The zero-order valence-electron chi connectivity index (χ0n) is 19.4. The summed E-state index contributed by atoms with van der Waals surface area (Å²) in [6, 6.07) is 20.9. The molecule has 1 atom stereocenters. The molecule has 0 N–H and O–H groups in total. The largest absolute Gasteiger partial charge is 0.336 e. The van der Waals surface area contributed by atoms with Crippen molar-refractivity contribution in [1.29, 1.82) is 0 Å². The number of likely N-dealkylation sites (tertiary alicyclic amines) is 1. The molecule has 172 valence electrons. The van der Waals surface area contributed by atoms with Gasteiger partial charge in [0.25, 0.3) is 5.91 Å². The van der Waals surface area contributed by atoms with Crippen LogP contribution < -0.4 is 0 Å². The first-order valence-corrected chi connectivity index (χ1v) is 12.1. The summed E-state index contributed by atoms with van der Waals surface area (Å²) in [5.74, 6) is 0.0913. The number of benzene rings is 2. The van der Waals surface area contributed by atoms with Gasteiger partial charge in [0.2, 0.25) is 0 Å². The van der Waals surface area contributed by atoms with Crippen molar-refractivity contribution >= 4 is 5.91 Å². The van der Waals surface area contributed by atoms with Crippen LogP contribution in [-0.4, -0.2) is 82.7 Å². The second-order valence-corrected chi connectivity index (χ2v) is 9.33. The third-order valence-electron chi connectivity index (χ3n) is 6.94. The van der Waals surface area contributed by atoms with E-state index in [2.05, 4.69) is 29.0 Å². The third kappa shape index (κ3) is 5.02. The van der Waals surface area contributed by atoms with E-state index in [0.29, 0.717) is 18.2 Å². The van der Waals surface area contributed by atoms with Crippen LogP contribution in [0.2, 0.25) is 0 Å². The number of piperazine rings is 1. The number of nitrogens with zero attached hydrogens (tertiary/aromatic N) is 5. The van der Waals surface area contributed by atoms with Gasteiger partial charge in [-0.25, -0.2) is 0 Å². The average molecular weight is 444 g/mol. The van der Waals surface area contributed by atoms with Crippen molar-refractivity contribution in [2.24, 2.45) is 0 Å². The van der Waals surface area contributed by atoms with Crippen LogP contribution in [0.5, 0.6) is 0 Å². The lowest BCUT2D eigenvalue weighted by atomic mass is 10.0. The Morgan fingerprint density at radius 2 is 1.64 bits per heavy atom. The summed E-state index contributed by atoms with van der Waals surface area (Å²) in [6.07, 6.45) is 4.46. The Balaban J connectivity index is 1.33. The molecule has 33 heavy (non-hydrogen) atoms. The monoisotopic (exact) mass is 443 g/mol. The van der Waals surface area contributed by atoms with E-state index < -0.39 is 0 Å². The molecule has 6 heteroatoms. The number of aromatic nitrogens is 2. The molecule has 5 rings (SSSR count). The molecule has 0 spiro atoms. The molecule has 2 fully saturated rings. The fourth-order valence-corrected chi connectivity index (χ4v) is 5.14. The van der Waals surface area contributed by atoms with Gasteiger partial charge >= 0.3 is 0 Å². The number of rotatable bonds is 5. The fourth-order valence-electron chi connectivity index (χ4n) is 5.14. The number of piperidine rings is 1. The summed E-state index contributed by atoms with van der Waals surface area (Å²) in [5, 5.41) is 4.84. The second-order valence-electron chi connectivity index (χ2n) is 9.33. The van der Waals surface area contributed by atoms with Crippen LogP contribution in [0, 0.1) is 0 Å². The van der Waals surface area contributed by atoms with Crippen molar-refractivity contribution < 1.29 is 4.79 Å². The maximum atomic E-state index is 13.6. The van der Waals surface area contributed by atoms with E-state index in [4.69, 9.17) is 5.10 Å². The van der Waals surface area contributed by atoms with Gasteiger partial charge < -0.3 is 9.80 Å². The van der Waals surface area contributed by atoms with E-state index >= 15 is 0 Å². The molecule has 0 saturated carbocycles. The summed E-state index contributed by atoms with van der Waals surface area (Å²) in [7, 11) is 2.21. The highest BCUT2D eigenvalue weighted by atomic mass is 16.2. The molecular weight excluding hydrogens is 410 g/mol. The molecule has 0 bridgehead atoms. The summed E-state index contributed by atoms with van der Waals surface area (Å²) >= 11 is 0. The molecule has 1 amide bonds. The van der Waals surface area contributed by atoms with Gasteiger partial charge in [-0.2, -0.15) is 5.10 Å². The normalized spacial score (nSPS) is 20.2. The highest BCUT2D eigenvalue weighted by Gasteiger charge is 2.30. The number of amides is 1. The summed E-state index contributed by atoms with van der Waals surface area (Å²) in [6.45, 7) is 6.43. The van der Waals surface area contributed by atoms with Crippen LogP contribution >= 0.6 is 0 Å². The van der Waals surface area contributed by atoms with E-state index in [9.17, 15) is 4.79 Å². The van der Waals surface area contributed by atoms with Crippen LogP contribution in [0.3, 0.4) is 0 Å². The van der Waals surface area contributed by atoms with Crippen molar-refractivity contribution in [3.8, 4) is 11.3 Å². The number of carbonyl (C=O) groups excluding carboxylic acids is 1. The second kappa shape index (κ2) is 9.89. The maximum Gasteiger partial charge on any atom is 0.257 e. The lowest BCUT2D eigenvalue weighted by Gasteiger charge is -2.42. The highest BCUT2D eigenvalue weighted by Crippen LogP contribution is 2.25. The SMILES string of the molecule is CN1CCCC(N2CCN(C(=O)c3cn(Cc4ccccc4)nc3-c3ccccc3)CC2)C1. The number of carbonyl (C=O) groups is 1. The van der Waals surface area contributed by atoms with Gasteiger partial charge in [0.05, 0.1) is 12.1 Å². The first-order chi connectivity index (χ1) is 16.2. The molecule has 3 aromatic rings.